The van der Waals surface area contributed by atoms with Gasteiger partial charge in [-0.3, -0.25) is 0 Å². The second-order valence-corrected chi connectivity index (χ2v) is 8.20. The van der Waals surface area contributed by atoms with Crippen molar-refractivity contribution in [2.75, 3.05) is 27.2 Å². The van der Waals surface area contributed by atoms with E-state index in [1.807, 2.05) is 42.5 Å². The van der Waals surface area contributed by atoms with Crippen LogP contribution >= 0.6 is 15.9 Å². The summed E-state index contributed by atoms with van der Waals surface area (Å²) in [7, 11) is 4.25. The first-order valence-corrected chi connectivity index (χ1v) is 9.57. The molecule has 5 heteroatoms. The van der Waals surface area contributed by atoms with E-state index in [0.29, 0.717) is 11.0 Å². The van der Waals surface area contributed by atoms with E-state index in [9.17, 15) is 5.11 Å². The summed E-state index contributed by atoms with van der Waals surface area (Å²) in [5.74, 6) is 0.791. The molecule has 0 aliphatic rings. The highest BCUT2D eigenvalue weighted by atomic mass is 79.9. The van der Waals surface area contributed by atoms with Crippen molar-refractivity contribution in [3.8, 4) is 5.75 Å². The number of quaternary nitrogens is 1. The van der Waals surface area contributed by atoms with Crippen molar-refractivity contribution < 1.29 is 31.3 Å². The van der Waals surface area contributed by atoms with E-state index in [4.69, 9.17) is 4.74 Å². The summed E-state index contributed by atoms with van der Waals surface area (Å²) in [4.78, 5) is 0. The predicted molar refractivity (Wildman–Crippen MR) is 110 cm³/mol. The summed E-state index contributed by atoms with van der Waals surface area (Å²) in [6.07, 6.45) is -0.529. The third kappa shape index (κ3) is 6.32. The van der Waals surface area contributed by atoms with Crippen molar-refractivity contribution in [3.63, 3.8) is 0 Å². The molecule has 3 aromatic rings. The normalized spacial score (nSPS) is 12.4. The number of fused-ring (bicyclic) bond motifs is 1. The van der Waals surface area contributed by atoms with Gasteiger partial charge in [0.25, 0.3) is 0 Å². The van der Waals surface area contributed by atoms with Crippen LogP contribution in [0.2, 0.25) is 0 Å². The van der Waals surface area contributed by atoms with Crippen molar-refractivity contribution in [1.82, 2.24) is 0 Å². The average Bonchev–Trinajstić information content (AvgIpc) is 2.61. The largest absolute Gasteiger partial charge is 1.00 e. The molecule has 0 saturated carbocycles. The Bertz CT molecular complexity index is 883. The standard InChI is InChI=1S/C22H25BrNO2.BrH/c1-24(2,14-19-9-5-6-10-22(19)23)15-20(25)16-26-21-12-11-17-7-3-4-8-18(17)13-21;/h3-13,20,25H,14-16H2,1-2H3;1H/q+1;/p-1. The van der Waals surface area contributed by atoms with Crippen LogP contribution in [0.5, 0.6) is 5.75 Å². The summed E-state index contributed by atoms with van der Waals surface area (Å²) in [6.45, 7) is 1.75. The minimum absolute atomic E-state index is 0. The first kappa shape index (κ1) is 21.9. The van der Waals surface area contributed by atoms with E-state index >= 15 is 0 Å². The van der Waals surface area contributed by atoms with Gasteiger partial charge in [0.1, 0.15) is 31.5 Å². The lowest BCUT2D eigenvalue weighted by molar-refractivity contribution is -0.906. The molecule has 3 aromatic carbocycles. The highest BCUT2D eigenvalue weighted by Gasteiger charge is 2.22. The van der Waals surface area contributed by atoms with Crippen LogP contribution in [0.25, 0.3) is 10.8 Å². The highest BCUT2D eigenvalue weighted by Crippen LogP contribution is 2.22. The van der Waals surface area contributed by atoms with Crippen molar-refractivity contribution >= 4 is 26.7 Å². The summed E-state index contributed by atoms with van der Waals surface area (Å²) in [5.41, 5.74) is 1.24. The van der Waals surface area contributed by atoms with Crippen LogP contribution in [0.3, 0.4) is 0 Å². The fourth-order valence-corrected chi connectivity index (χ4v) is 3.64. The Labute approximate surface area is 180 Å². The average molecular weight is 495 g/mol. The molecule has 27 heavy (non-hydrogen) atoms. The Balaban J connectivity index is 0.00000261. The zero-order valence-electron chi connectivity index (χ0n) is 15.6. The molecule has 0 bridgehead atoms. The van der Waals surface area contributed by atoms with E-state index in [1.165, 1.54) is 10.9 Å². The highest BCUT2D eigenvalue weighted by molar-refractivity contribution is 9.10. The maximum atomic E-state index is 10.5. The maximum Gasteiger partial charge on any atom is 0.137 e. The summed E-state index contributed by atoms with van der Waals surface area (Å²) in [6, 6.07) is 22.4. The number of likely N-dealkylation sites (N-methyl/N-ethyl adjacent to an activating group) is 1. The smallest absolute Gasteiger partial charge is 0.137 e. The van der Waals surface area contributed by atoms with Gasteiger partial charge in [-0.1, -0.05) is 64.5 Å². The van der Waals surface area contributed by atoms with Gasteiger partial charge in [0, 0.05) is 10.0 Å². The Kier molecular flexibility index (Phi) is 7.86. The van der Waals surface area contributed by atoms with E-state index < -0.39 is 6.10 Å². The number of hydrogen-bond acceptors (Lipinski definition) is 2. The monoisotopic (exact) mass is 493 g/mol. The van der Waals surface area contributed by atoms with Crippen molar-refractivity contribution in [2.24, 2.45) is 0 Å². The topological polar surface area (TPSA) is 29.5 Å². The zero-order valence-corrected chi connectivity index (χ0v) is 18.8. The van der Waals surface area contributed by atoms with Crippen LogP contribution in [-0.2, 0) is 6.54 Å². The molecule has 0 aliphatic carbocycles. The number of benzene rings is 3. The Morgan fingerprint density at radius 3 is 2.37 bits per heavy atom. The molecule has 1 N–H and O–H groups in total. The Morgan fingerprint density at radius 1 is 0.963 bits per heavy atom. The molecule has 0 spiro atoms. The summed E-state index contributed by atoms with van der Waals surface area (Å²) in [5, 5.41) is 12.8. The Hall–Kier alpha value is -1.40. The molecular formula is C22H25Br2NO2. The second-order valence-electron chi connectivity index (χ2n) is 7.34. The van der Waals surface area contributed by atoms with Crippen LogP contribution in [0.4, 0.5) is 0 Å². The molecule has 0 amide bonds. The minimum Gasteiger partial charge on any atom is -1.00 e. The lowest BCUT2D eigenvalue weighted by atomic mass is 10.1. The first-order chi connectivity index (χ1) is 12.4. The maximum absolute atomic E-state index is 10.5. The van der Waals surface area contributed by atoms with Crippen LogP contribution in [0.15, 0.2) is 71.2 Å². The number of aliphatic hydroxyl groups is 1. The van der Waals surface area contributed by atoms with Gasteiger partial charge < -0.3 is 31.3 Å². The lowest BCUT2D eigenvalue weighted by Gasteiger charge is -2.32. The lowest BCUT2D eigenvalue weighted by Crippen LogP contribution is -3.00. The SMILES string of the molecule is C[N+](C)(Cc1ccccc1Br)CC(O)COc1ccc2ccccc2c1.[Br-]. The van der Waals surface area contributed by atoms with E-state index in [1.54, 1.807) is 0 Å². The van der Waals surface area contributed by atoms with Gasteiger partial charge >= 0.3 is 0 Å². The molecule has 0 fully saturated rings. The van der Waals surface area contributed by atoms with E-state index in [-0.39, 0.29) is 23.6 Å². The van der Waals surface area contributed by atoms with Gasteiger partial charge in [-0.15, -0.1) is 0 Å². The molecule has 144 valence electrons. The third-order valence-electron chi connectivity index (χ3n) is 4.42. The number of halogens is 2. The quantitative estimate of drug-likeness (QED) is 0.506. The summed E-state index contributed by atoms with van der Waals surface area (Å²) >= 11 is 3.60. The number of aliphatic hydroxyl groups excluding tert-OH is 1. The van der Waals surface area contributed by atoms with Gasteiger partial charge in [-0.25, -0.2) is 0 Å². The molecule has 0 radical (unpaired) electrons. The molecule has 3 nitrogen and oxygen atoms in total. The summed E-state index contributed by atoms with van der Waals surface area (Å²) < 4.78 is 7.62. The Morgan fingerprint density at radius 2 is 1.63 bits per heavy atom. The number of ether oxygens (including phenoxy) is 1. The van der Waals surface area contributed by atoms with Crippen LogP contribution < -0.4 is 21.7 Å². The van der Waals surface area contributed by atoms with E-state index in [0.717, 1.165) is 22.2 Å². The van der Waals surface area contributed by atoms with Crippen molar-refractivity contribution in [1.29, 1.82) is 0 Å². The number of rotatable bonds is 7. The number of nitrogens with zero attached hydrogens (tertiary/aromatic N) is 1. The second kappa shape index (κ2) is 9.69. The predicted octanol–water partition coefficient (Wildman–Crippen LogP) is 1.62. The van der Waals surface area contributed by atoms with Crippen LogP contribution in [0, 0.1) is 0 Å². The zero-order chi connectivity index (χ0) is 18.6. The molecule has 0 heterocycles. The molecule has 0 aromatic heterocycles. The van der Waals surface area contributed by atoms with Gasteiger partial charge in [0.2, 0.25) is 0 Å². The van der Waals surface area contributed by atoms with Crippen molar-refractivity contribution in [2.45, 2.75) is 12.6 Å². The van der Waals surface area contributed by atoms with Gasteiger partial charge in [-0.05, 0) is 29.0 Å². The van der Waals surface area contributed by atoms with Crippen LogP contribution in [0.1, 0.15) is 5.56 Å². The van der Waals surface area contributed by atoms with E-state index in [2.05, 4.69) is 54.3 Å². The molecule has 0 saturated heterocycles. The molecule has 0 aliphatic heterocycles. The fourth-order valence-electron chi connectivity index (χ4n) is 3.23. The molecule has 3 rings (SSSR count). The fraction of sp³-hybridized carbons (Fsp3) is 0.273. The van der Waals surface area contributed by atoms with Gasteiger partial charge in [0.15, 0.2) is 0 Å². The number of hydrogen-bond donors (Lipinski definition) is 1. The molecule has 1 unspecified atom stereocenters. The van der Waals surface area contributed by atoms with Gasteiger partial charge in [-0.2, -0.15) is 0 Å². The van der Waals surface area contributed by atoms with Crippen LogP contribution in [-0.4, -0.2) is 42.9 Å². The van der Waals surface area contributed by atoms with Crippen molar-refractivity contribution in [3.05, 3.63) is 76.8 Å². The first-order valence-electron chi connectivity index (χ1n) is 8.78. The minimum atomic E-state index is -0.529. The molecular weight excluding hydrogens is 470 g/mol. The third-order valence-corrected chi connectivity index (χ3v) is 5.20. The van der Waals surface area contributed by atoms with Gasteiger partial charge in [0.05, 0.1) is 14.1 Å². The molecule has 1 atom stereocenters.